The molecule has 5 rings (SSSR count). The molecule has 1 N–H and O–H groups in total. The molecule has 8 nitrogen and oxygen atoms in total. The van der Waals surface area contributed by atoms with Gasteiger partial charge in [-0.15, -0.1) is 5.10 Å². The molecular formula is C23H17ClN6O2S. The first-order valence-corrected chi connectivity index (χ1v) is 12.0. The summed E-state index contributed by atoms with van der Waals surface area (Å²) in [7, 11) is -3.74. The third kappa shape index (κ3) is 4.28. The number of fused-ring (bicyclic) bond motifs is 1. The summed E-state index contributed by atoms with van der Waals surface area (Å²) < 4.78 is 27.4. The Balaban J connectivity index is 1.49. The molecule has 0 fully saturated rings. The van der Waals surface area contributed by atoms with Crippen LogP contribution in [-0.2, 0) is 10.0 Å². The Hall–Kier alpha value is -3.82. The number of nitrogens with zero attached hydrogens (tertiary/aromatic N) is 5. The van der Waals surface area contributed by atoms with Crippen LogP contribution in [0.3, 0.4) is 0 Å². The summed E-state index contributed by atoms with van der Waals surface area (Å²) in [6, 6.07) is 21.9. The summed E-state index contributed by atoms with van der Waals surface area (Å²) in [5, 5.41) is 19.6. The molecule has 0 saturated heterocycles. The van der Waals surface area contributed by atoms with Crippen molar-refractivity contribution < 1.29 is 8.42 Å². The molecule has 2 aromatic heterocycles. The molecule has 10 heteroatoms. The van der Waals surface area contributed by atoms with Crippen LogP contribution in [0, 0.1) is 0 Å². The van der Waals surface area contributed by atoms with Crippen LogP contribution in [0.1, 0.15) is 5.56 Å². The highest BCUT2D eigenvalue weighted by molar-refractivity contribution is 7.90. The highest BCUT2D eigenvalue weighted by Gasteiger charge is 2.20. The molecular weight excluding hydrogens is 460 g/mol. The van der Waals surface area contributed by atoms with Gasteiger partial charge in [0.25, 0.3) is 10.0 Å². The van der Waals surface area contributed by atoms with Crippen LogP contribution < -0.4 is 0 Å². The van der Waals surface area contributed by atoms with E-state index in [1.807, 2.05) is 48.5 Å². The third-order valence-corrected chi connectivity index (χ3v) is 6.72. The van der Waals surface area contributed by atoms with Gasteiger partial charge >= 0.3 is 0 Å². The van der Waals surface area contributed by atoms with E-state index in [0.717, 1.165) is 26.2 Å². The van der Waals surface area contributed by atoms with Crippen molar-refractivity contribution in [2.24, 2.45) is 0 Å². The van der Waals surface area contributed by atoms with E-state index in [2.05, 4.69) is 25.7 Å². The molecule has 0 atom stereocenters. The minimum absolute atomic E-state index is 0.206. The van der Waals surface area contributed by atoms with Crippen molar-refractivity contribution in [3.8, 4) is 22.6 Å². The predicted octanol–water partition coefficient (Wildman–Crippen LogP) is 4.43. The van der Waals surface area contributed by atoms with Crippen LogP contribution >= 0.6 is 11.6 Å². The minimum Gasteiger partial charge on any atom is -0.239 e. The number of aromatic amines is 1. The maximum absolute atomic E-state index is 13.2. The lowest BCUT2D eigenvalue weighted by molar-refractivity contribution is 0.585. The van der Waals surface area contributed by atoms with E-state index < -0.39 is 10.0 Å². The predicted molar refractivity (Wildman–Crippen MR) is 128 cm³/mol. The zero-order valence-electron chi connectivity index (χ0n) is 17.1. The van der Waals surface area contributed by atoms with Gasteiger partial charge < -0.3 is 0 Å². The van der Waals surface area contributed by atoms with Gasteiger partial charge in [-0.05, 0) is 34.2 Å². The maximum Gasteiger partial charge on any atom is 0.257 e. The number of benzene rings is 3. The summed E-state index contributed by atoms with van der Waals surface area (Å²) in [6.07, 6.45) is 3.32. The Bertz CT molecular complexity index is 1560. The first kappa shape index (κ1) is 21.0. The first-order chi connectivity index (χ1) is 16.0. The Kier molecular flexibility index (Phi) is 5.49. The van der Waals surface area contributed by atoms with Crippen LogP contribution in [-0.4, -0.2) is 44.0 Å². The second-order valence-electron chi connectivity index (χ2n) is 7.27. The van der Waals surface area contributed by atoms with E-state index in [4.69, 9.17) is 11.6 Å². The lowest BCUT2D eigenvalue weighted by Crippen LogP contribution is -2.16. The molecule has 0 radical (unpaired) electrons. The highest BCUT2D eigenvalue weighted by atomic mass is 35.5. The monoisotopic (exact) mass is 476 g/mol. The second kappa shape index (κ2) is 8.61. The fourth-order valence-corrected chi connectivity index (χ4v) is 4.86. The van der Waals surface area contributed by atoms with E-state index in [-0.39, 0.29) is 5.75 Å². The van der Waals surface area contributed by atoms with E-state index in [0.29, 0.717) is 22.1 Å². The van der Waals surface area contributed by atoms with Crippen LogP contribution in [0.4, 0.5) is 0 Å². The number of halogens is 1. The van der Waals surface area contributed by atoms with Gasteiger partial charge in [-0.3, -0.25) is 0 Å². The normalized spacial score (nSPS) is 12.0. The quantitative estimate of drug-likeness (QED) is 0.388. The molecule has 0 aliphatic rings. The van der Waals surface area contributed by atoms with Crippen LogP contribution in [0.5, 0.6) is 0 Å². The average Bonchev–Trinajstić information content (AvgIpc) is 3.48. The van der Waals surface area contributed by atoms with Crippen molar-refractivity contribution >= 4 is 38.6 Å². The molecule has 0 aliphatic heterocycles. The number of hydrogen-bond donors (Lipinski definition) is 1. The second-order valence-corrected chi connectivity index (χ2v) is 9.55. The molecule has 5 aromatic rings. The number of tetrazole rings is 1. The van der Waals surface area contributed by atoms with Gasteiger partial charge in [0.1, 0.15) is 5.69 Å². The van der Waals surface area contributed by atoms with Gasteiger partial charge in [0.15, 0.2) is 5.82 Å². The summed E-state index contributed by atoms with van der Waals surface area (Å²) in [5.41, 5.74) is 3.52. The van der Waals surface area contributed by atoms with Gasteiger partial charge in [0, 0.05) is 21.5 Å². The highest BCUT2D eigenvalue weighted by Crippen LogP contribution is 2.30. The van der Waals surface area contributed by atoms with E-state index >= 15 is 0 Å². The number of rotatable bonds is 6. The van der Waals surface area contributed by atoms with Gasteiger partial charge in [-0.2, -0.15) is 9.19 Å². The fourth-order valence-electron chi connectivity index (χ4n) is 3.52. The third-order valence-electron chi connectivity index (χ3n) is 5.06. The van der Waals surface area contributed by atoms with E-state index in [1.54, 1.807) is 36.4 Å². The minimum atomic E-state index is -3.74. The van der Waals surface area contributed by atoms with E-state index in [1.165, 1.54) is 0 Å². The average molecular weight is 477 g/mol. The van der Waals surface area contributed by atoms with Gasteiger partial charge in [-0.1, -0.05) is 78.4 Å². The smallest absolute Gasteiger partial charge is 0.239 e. The number of nitrogens with one attached hydrogen (secondary N) is 1. The summed E-state index contributed by atoms with van der Waals surface area (Å²) >= 11 is 6.00. The molecule has 3 aromatic carbocycles. The lowest BCUT2D eigenvalue weighted by Gasteiger charge is -2.03. The molecule has 164 valence electrons. The number of hydrogen-bond acceptors (Lipinski definition) is 6. The van der Waals surface area contributed by atoms with Crippen molar-refractivity contribution in [3.05, 3.63) is 89.5 Å². The van der Waals surface area contributed by atoms with Gasteiger partial charge in [-0.25, -0.2) is 13.5 Å². The number of para-hydroxylation sites is 1. The summed E-state index contributed by atoms with van der Waals surface area (Å²) in [6.45, 7) is 0. The maximum atomic E-state index is 13.2. The molecule has 0 spiro atoms. The SMILES string of the molecule is O=S(=O)(CC=Cc1cccc(Cl)c1)n1nc(-c2ccc(-c3nnn[nH]3)cc2)c2ccccc21. The van der Waals surface area contributed by atoms with Crippen LogP contribution in [0.2, 0.25) is 5.02 Å². The molecule has 0 aliphatic carbocycles. The molecule has 0 unspecified atom stereocenters. The molecule has 0 bridgehead atoms. The zero-order valence-corrected chi connectivity index (χ0v) is 18.7. The Labute approximate surface area is 194 Å². The fraction of sp³-hybridized carbons (Fsp3) is 0.0435. The summed E-state index contributed by atoms with van der Waals surface area (Å²) in [4.78, 5) is 0. The standard InChI is InChI=1S/C23H17ClN6O2S/c24-19-7-3-5-16(15-19)6-4-14-33(31,32)30-21-9-2-1-8-20(21)22(27-30)17-10-12-18(13-11-17)23-25-28-29-26-23/h1-13,15H,14H2,(H,25,26,28,29). The largest absolute Gasteiger partial charge is 0.257 e. The number of aromatic nitrogens is 6. The van der Waals surface area contributed by atoms with Crippen LogP contribution in [0.15, 0.2) is 78.9 Å². The topological polar surface area (TPSA) is 106 Å². The van der Waals surface area contributed by atoms with E-state index in [9.17, 15) is 8.42 Å². The van der Waals surface area contributed by atoms with Gasteiger partial charge in [0.2, 0.25) is 0 Å². The van der Waals surface area contributed by atoms with Gasteiger partial charge in [0.05, 0.1) is 11.3 Å². The zero-order chi connectivity index (χ0) is 22.8. The van der Waals surface area contributed by atoms with Crippen molar-refractivity contribution in [1.29, 1.82) is 0 Å². The molecule has 0 saturated carbocycles. The van der Waals surface area contributed by atoms with Crippen molar-refractivity contribution in [2.45, 2.75) is 0 Å². The van der Waals surface area contributed by atoms with Crippen molar-refractivity contribution in [2.75, 3.05) is 5.75 Å². The Morgan fingerprint density at radius 1 is 0.970 bits per heavy atom. The molecule has 2 heterocycles. The Morgan fingerprint density at radius 2 is 1.76 bits per heavy atom. The lowest BCUT2D eigenvalue weighted by atomic mass is 10.1. The summed E-state index contributed by atoms with van der Waals surface area (Å²) in [5.74, 6) is 0.341. The first-order valence-electron chi connectivity index (χ1n) is 9.99. The Morgan fingerprint density at radius 3 is 2.52 bits per heavy atom. The van der Waals surface area contributed by atoms with Crippen molar-refractivity contribution in [1.82, 2.24) is 29.8 Å². The molecule has 0 amide bonds. The van der Waals surface area contributed by atoms with Crippen molar-refractivity contribution in [3.63, 3.8) is 0 Å². The molecule has 33 heavy (non-hydrogen) atoms. The van der Waals surface area contributed by atoms with Crippen LogP contribution in [0.25, 0.3) is 39.6 Å². The number of H-pyrrole nitrogens is 1.